The van der Waals surface area contributed by atoms with Crippen LogP contribution in [0.5, 0.6) is 0 Å². The van der Waals surface area contributed by atoms with Crippen LogP contribution in [-0.2, 0) is 23.8 Å². The molecule has 0 aliphatic rings. The average molecular weight is 1030 g/mol. The van der Waals surface area contributed by atoms with E-state index >= 15 is 0 Å². The van der Waals surface area contributed by atoms with Crippen LogP contribution in [0.3, 0.4) is 0 Å². The minimum absolute atomic E-state index is 0.0662. The van der Waals surface area contributed by atoms with Crippen molar-refractivity contribution in [3.63, 3.8) is 0 Å². The van der Waals surface area contributed by atoms with E-state index in [0.717, 1.165) is 96.3 Å². The van der Waals surface area contributed by atoms with Crippen molar-refractivity contribution in [2.45, 2.75) is 322 Å². The van der Waals surface area contributed by atoms with Crippen LogP contribution < -0.4 is 0 Å². The second kappa shape index (κ2) is 64.4. The van der Waals surface area contributed by atoms with Gasteiger partial charge in [0.05, 0.1) is 6.61 Å². The Labute approximate surface area is 460 Å². The van der Waals surface area contributed by atoms with Gasteiger partial charge in [0.15, 0.2) is 6.10 Å². The second-order valence-corrected chi connectivity index (χ2v) is 21.3. The molecule has 0 fully saturated rings. The minimum atomic E-state index is -0.556. The summed E-state index contributed by atoms with van der Waals surface area (Å²) < 4.78 is 17.5. The van der Waals surface area contributed by atoms with E-state index in [2.05, 4.69) is 106 Å². The number of carbonyl (C=O) groups excluding carboxylic acids is 2. The SMILES string of the molecule is CC/C=C\C/C=C\C/C=C\C/C=C\C/C=C\CCCCCC(=O)OCC(COCCCCCCCCCCCCCCCCCCCCCC)OC(=O)CCCCCCCCCCC/C=C\C/C=C\CCCCC. The first kappa shape index (κ1) is 71.1. The van der Waals surface area contributed by atoms with Crippen LogP contribution >= 0.6 is 0 Å². The van der Waals surface area contributed by atoms with Crippen LogP contribution in [0.15, 0.2) is 85.1 Å². The number of rotatable bonds is 59. The van der Waals surface area contributed by atoms with Crippen LogP contribution in [0, 0.1) is 0 Å². The second-order valence-electron chi connectivity index (χ2n) is 21.3. The fraction of sp³-hybridized carbons (Fsp3) is 0.768. The van der Waals surface area contributed by atoms with Crippen molar-refractivity contribution in [2.24, 2.45) is 0 Å². The van der Waals surface area contributed by atoms with Crippen molar-refractivity contribution in [1.82, 2.24) is 0 Å². The fourth-order valence-electron chi connectivity index (χ4n) is 9.16. The lowest BCUT2D eigenvalue weighted by Crippen LogP contribution is -2.30. The van der Waals surface area contributed by atoms with Gasteiger partial charge >= 0.3 is 11.9 Å². The van der Waals surface area contributed by atoms with Gasteiger partial charge in [-0.1, -0.05) is 292 Å². The maximum Gasteiger partial charge on any atom is 0.306 e. The van der Waals surface area contributed by atoms with E-state index in [0.29, 0.717) is 19.4 Å². The molecule has 0 aliphatic heterocycles. The van der Waals surface area contributed by atoms with Gasteiger partial charge in [-0.05, 0) is 96.3 Å². The number of unbranched alkanes of at least 4 members (excludes halogenated alkanes) is 34. The molecule has 0 saturated heterocycles. The molecule has 0 aromatic carbocycles. The molecule has 0 radical (unpaired) electrons. The first-order valence-electron chi connectivity index (χ1n) is 32.1. The molecule has 0 N–H and O–H groups in total. The number of carbonyl (C=O) groups is 2. The predicted octanol–water partition coefficient (Wildman–Crippen LogP) is 22.4. The molecule has 0 saturated carbocycles. The number of allylic oxidation sites excluding steroid dienone is 14. The Morgan fingerprint density at radius 2 is 0.608 bits per heavy atom. The zero-order valence-corrected chi connectivity index (χ0v) is 49.3. The number of ether oxygens (including phenoxy) is 3. The third-order valence-electron chi connectivity index (χ3n) is 13.9. The van der Waals surface area contributed by atoms with Crippen LogP contribution in [0.2, 0.25) is 0 Å². The highest BCUT2D eigenvalue weighted by molar-refractivity contribution is 5.70. The molecule has 0 aromatic heterocycles. The molecule has 0 aliphatic carbocycles. The van der Waals surface area contributed by atoms with E-state index in [9.17, 15) is 9.59 Å². The van der Waals surface area contributed by atoms with Gasteiger partial charge in [-0.15, -0.1) is 0 Å². The summed E-state index contributed by atoms with van der Waals surface area (Å²) in [6.07, 6.45) is 86.2. The van der Waals surface area contributed by atoms with Crippen molar-refractivity contribution in [2.75, 3.05) is 19.8 Å². The molecular weight excluding hydrogens is 909 g/mol. The van der Waals surface area contributed by atoms with Gasteiger partial charge < -0.3 is 14.2 Å². The minimum Gasteiger partial charge on any atom is -0.462 e. The predicted molar refractivity (Wildman–Crippen MR) is 325 cm³/mol. The molecule has 1 atom stereocenters. The van der Waals surface area contributed by atoms with Gasteiger partial charge in [0.2, 0.25) is 0 Å². The Bertz CT molecular complexity index is 1350. The van der Waals surface area contributed by atoms with Crippen molar-refractivity contribution in [3.05, 3.63) is 85.1 Å². The number of esters is 2. The zero-order chi connectivity index (χ0) is 53.4. The van der Waals surface area contributed by atoms with Gasteiger partial charge in [-0.2, -0.15) is 0 Å². The third kappa shape index (κ3) is 61.6. The molecule has 0 aromatic rings. The maximum atomic E-state index is 12.9. The van der Waals surface area contributed by atoms with E-state index in [1.165, 1.54) is 186 Å². The number of hydrogen-bond acceptors (Lipinski definition) is 5. The summed E-state index contributed by atoms with van der Waals surface area (Å²) in [6.45, 7) is 7.70. The molecule has 5 nitrogen and oxygen atoms in total. The van der Waals surface area contributed by atoms with Crippen LogP contribution in [0.4, 0.5) is 0 Å². The van der Waals surface area contributed by atoms with Crippen LogP contribution in [0.1, 0.15) is 316 Å². The third-order valence-corrected chi connectivity index (χ3v) is 13.9. The molecule has 0 bridgehead atoms. The highest BCUT2D eigenvalue weighted by atomic mass is 16.6. The van der Waals surface area contributed by atoms with Crippen molar-refractivity contribution in [3.8, 4) is 0 Å². The Morgan fingerprint density at radius 3 is 1.01 bits per heavy atom. The van der Waals surface area contributed by atoms with E-state index < -0.39 is 6.10 Å². The quantitative estimate of drug-likeness (QED) is 0.0345. The Kier molecular flexibility index (Phi) is 61.8. The van der Waals surface area contributed by atoms with Gasteiger partial charge in [0.25, 0.3) is 0 Å². The van der Waals surface area contributed by atoms with Crippen molar-refractivity contribution in [1.29, 1.82) is 0 Å². The molecule has 1 unspecified atom stereocenters. The van der Waals surface area contributed by atoms with Gasteiger partial charge in [0, 0.05) is 19.4 Å². The Morgan fingerprint density at radius 1 is 0.311 bits per heavy atom. The largest absolute Gasteiger partial charge is 0.462 e. The standard InChI is InChI=1S/C69H122O5/c1-4-7-10-13-16-19-22-25-28-31-34-37-40-43-46-49-52-55-58-61-64-72-65-67(74-69(71)63-60-57-54-51-48-45-42-39-36-33-30-27-24-21-18-15-12-9-6-3)66-73-68(70)62-59-56-53-50-47-44-41-38-35-32-29-26-23-20-17-14-11-8-5-2/h8,11,17-18,20-21,26-27,29-30,35,38,44,47,67H,4-7,9-10,12-16,19,22-25,28,31-34,36-37,39-43,45-46,48-66H2,1-3H3/b11-8-,20-17-,21-18-,29-26-,30-27-,38-35-,47-44-. The van der Waals surface area contributed by atoms with E-state index in [-0.39, 0.29) is 25.2 Å². The van der Waals surface area contributed by atoms with Gasteiger partial charge in [0.1, 0.15) is 6.61 Å². The molecule has 0 rings (SSSR count). The van der Waals surface area contributed by atoms with Gasteiger partial charge in [-0.3, -0.25) is 9.59 Å². The summed E-state index contributed by atoms with van der Waals surface area (Å²) in [6, 6.07) is 0. The fourth-order valence-corrected chi connectivity index (χ4v) is 9.16. The van der Waals surface area contributed by atoms with Crippen molar-refractivity contribution < 1.29 is 23.8 Å². The van der Waals surface area contributed by atoms with Crippen LogP contribution in [0.25, 0.3) is 0 Å². The first-order chi connectivity index (χ1) is 36.6. The molecule has 5 heteroatoms. The molecule has 0 amide bonds. The summed E-state index contributed by atoms with van der Waals surface area (Å²) in [4.78, 5) is 25.6. The first-order valence-corrected chi connectivity index (χ1v) is 32.1. The summed E-state index contributed by atoms with van der Waals surface area (Å²) in [5.74, 6) is -0.427. The molecule has 74 heavy (non-hydrogen) atoms. The molecule has 0 heterocycles. The van der Waals surface area contributed by atoms with Crippen molar-refractivity contribution >= 4 is 11.9 Å². The summed E-state index contributed by atoms with van der Waals surface area (Å²) in [5, 5.41) is 0. The summed E-state index contributed by atoms with van der Waals surface area (Å²) in [5.41, 5.74) is 0. The Balaban J connectivity index is 4.32. The molecule has 428 valence electrons. The lowest BCUT2D eigenvalue weighted by Gasteiger charge is -2.18. The zero-order valence-electron chi connectivity index (χ0n) is 49.3. The van der Waals surface area contributed by atoms with E-state index in [1.807, 2.05) is 0 Å². The lowest BCUT2D eigenvalue weighted by molar-refractivity contribution is -0.163. The normalized spacial score (nSPS) is 12.7. The average Bonchev–Trinajstić information content (AvgIpc) is 3.40. The monoisotopic (exact) mass is 1030 g/mol. The lowest BCUT2D eigenvalue weighted by atomic mass is 10.0. The molecule has 0 spiro atoms. The highest BCUT2D eigenvalue weighted by Gasteiger charge is 2.17. The topological polar surface area (TPSA) is 61.8 Å². The van der Waals surface area contributed by atoms with E-state index in [1.54, 1.807) is 0 Å². The highest BCUT2D eigenvalue weighted by Crippen LogP contribution is 2.17. The summed E-state index contributed by atoms with van der Waals surface area (Å²) in [7, 11) is 0. The van der Waals surface area contributed by atoms with Crippen LogP contribution in [-0.4, -0.2) is 37.9 Å². The Hall–Kier alpha value is -2.92. The summed E-state index contributed by atoms with van der Waals surface area (Å²) >= 11 is 0. The molecular formula is C69H122O5. The van der Waals surface area contributed by atoms with Gasteiger partial charge in [-0.25, -0.2) is 0 Å². The maximum absolute atomic E-state index is 12.9. The van der Waals surface area contributed by atoms with E-state index in [4.69, 9.17) is 14.2 Å². The number of hydrogen-bond donors (Lipinski definition) is 0. The smallest absolute Gasteiger partial charge is 0.306 e.